The number of aliphatic hydroxyl groups is 6. The normalized spacial score (nSPS) is 46.5. The number of carbonyl (C=O) groups excluding carboxylic acids is 4. The highest BCUT2D eigenvalue weighted by Gasteiger charge is 2.62. The monoisotopic (exact) mass is 1360 g/mol. The summed E-state index contributed by atoms with van der Waals surface area (Å²) < 4.78 is 83.0. The molecule has 4 bridgehead atoms. The fourth-order valence-electron chi connectivity index (χ4n) is 17.0. The first-order valence-corrected chi connectivity index (χ1v) is 34.9. The summed E-state index contributed by atoms with van der Waals surface area (Å²) in [5, 5.41) is 67.6. The van der Waals surface area contributed by atoms with E-state index in [0.717, 1.165) is 0 Å². The van der Waals surface area contributed by atoms with Crippen molar-refractivity contribution in [1.29, 1.82) is 0 Å². The molecule has 0 aliphatic carbocycles. The van der Waals surface area contributed by atoms with E-state index < -0.39 is 192 Å². The number of hydrogen-bond acceptors (Lipinski definition) is 25. The van der Waals surface area contributed by atoms with Gasteiger partial charge in [-0.2, -0.15) is 0 Å². The van der Waals surface area contributed by atoms with Gasteiger partial charge in [-0.15, -0.1) is 0 Å². The van der Waals surface area contributed by atoms with E-state index in [-0.39, 0.29) is 55.4 Å². The molecule has 6 N–H and O–H groups in total. The zero-order valence-electron chi connectivity index (χ0n) is 61.7. The van der Waals surface area contributed by atoms with Gasteiger partial charge in [-0.05, 0) is 148 Å². The topological polar surface area (TPSA) is 316 Å². The summed E-state index contributed by atoms with van der Waals surface area (Å²) in [6.07, 6.45) is -12.6. The molecule has 25 heteroatoms. The SMILES string of the molecule is CC[C@@H](O)[C@@](C)(O)[C@@H]1OC(=O)[C@H](C)[C@@H](O)[C@H](C)[C@@H](O[C@@H]2OC(C)CC(N(C)C)C2OC(C)=O)[C@]2(C)CC(C)C(O2)[C@@H]1C.CC[C@@H](O)[C@@](C)(O)[C@@H]1OC(=O)[C@H](C)[C@@H](O[C@H]2CC(C)(OC)[C@@H](O)C(C)O2)[C@H](C)[C@@H](O[C@@H]2OC(C)CC(N(C)C)C2OC(C)=O)[C@]2(C)CC(C)C(O2)[C@@H]1C. The molecule has 7 aliphatic rings. The molecule has 0 spiro atoms. The molecular formula is C70H124N2O23. The molecule has 0 aromatic heterocycles. The Hall–Kier alpha value is -2.80. The molecule has 0 saturated carbocycles. The summed E-state index contributed by atoms with van der Waals surface area (Å²) in [5.74, 6) is -6.56. The molecule has 7 saturated heterocycles. The molecule has 0 amide bonds. The molecule has 95 heavy (non-hydrogen) atoms. The highest BCUT2D eigenvalue weighted by molar-refractivity contribution is 5.73. The second-order valence-electron chi connectivity index (χ2n) is 31.1. The number of ether oxygens (including phenoxy) is 13. The van der Waals surface area contributed by atoms with Crippen molar-refractivity contribution in [3.05, 3.63) is 0 Å². The minimum atomic E-state index is -1.81. The van der Waals surface area contributed by atoms with Crippen LogP contribution in [0.3, 0.4) is 0 Å². The molecule has 7 fully saturated rings. The highest BCUT2D eigenvalue weighted by Crippen LogP contribution is 2.51. The predicted octanol–water partition coefficient (Wildman–Crippen LogP) is 5.46. The average molecular weight is 1360 g/mol. The molecule has 0 radical (unpaired) electrons. The van der Waals surface area contributed by atoms with Crippen molar-refractivity contribution < 1.29 is 111 Å². The van der Waals surface area contributed by atoms with Gasteiger partial charge in [-0.1, -0.05) is 55.4 Å². The van der Waals surface area contributed by atoms with Gasteiger partial charge in [0.1, 0.15) is 29.5 Å². The number of cyclic esters (lactones) is 2. The van der Waals surface area contributed by atoms with Crippen LogP contribution in [0.25, 0.3) is 0 Å². The van der Waals surface area contributed by atoms with Crippen LogP contribution >= 0.6 is 0 Å². The van der Waals surface area contributed by atoms with Crippen molar-refractivity contribution in [2.45, 2.75) is 340 Å². The maximum atomic E-state index is 14.4. The van der Waals surface area contributed by atoms with Gasteiger partial charge in [-0.3, -0.25) is 19.2 Å². The van der Waals surface area contributed by atoms with Crippen molar-refractivity contribution in [2.24, 2.45) is 47.3 Å². The number of nitrogens with zero attached hydrogens (tertiary/aromatic N) is 2. The summed E-state index contributed by atoms with van der Waals surface area (Å²) in [7, 11) is 9.21. The number of hydrogen-bond donors (Lipinski definition) is 6. The Morgan fingerprint density at radius 3 is 1.35 bits per heavy atom. The highest BCUT2D eigenvalue weighted by atomic mass is 16.7. The molecule has 12 unspecified atom stereocenters. The van der Waals surface area contributed by atoms with Crippen LogP contribution in [0.15, 0.2) is 0 Å². The Kier molecular flexibility index (Phi) is 27.4. The van der Waals surface area contributed by atoms with Gasteiger partial charge in [-0.25, -0.2) is 0 Å². The number of carbonyl (C=O) groups is 4. The predicted molar refractivity (Wildman–Crippen MR) is 348 cm³/mol. The zero-order valence-corrected chi connectivity index (χ0v) is 61.7. The van der Waals surface area contributed by atoms with Crippen molar-refractivity contribution in [3.8, 4) is 0 Å². The van der Waals surface area contributed by atoms with E-state index in [1.807, 2.05) is 93.4 Å². The molecule has 7 rings (SSSR count). The first kappa shape index (κ1) is 81.2. The third-order valence-electron chi connectivity index (χ3n) is 22.6. The first-order valence-electron chi connectivity index (χ1n) is 34.9. The summed E-state index contributed by atoms with van der Waals surface area (Å²) in [6.45, 7) is 35.3. The summed E-state index contributed by atoms with van der Waals surface area (Å²) in [6, 6.07) is -0.379. The lowest BCUT2D eigenvalue weighted by atomic mass is 9.76. The smallest absolute Gasteiger partial charge is 0.311 e. The minimum absolute atomic E-state index is 0.0435. The summed E-state index contributed by atoms with van der Waals surface area (Å²) in [4.78, 5) is 56.5. The van der Waals surface area contributed by atoms with Gasteiger partial charge in [0.25, 0.3) is 0 Å². The molecule has 25 nitrogen and oxygen atoms in total. The standard InChI is InChI=1S/C39H69NO13.C31H55NO10/c1-15-27(42)39(11,45)34-21(4)29-19(2)17-38(10,53-29)33(52-36-31(49-25(8)41)26(40(12)13)16-20(3)47-36)22(5)30(23(6)35(44)51-34)50-28-18-37(9,46-14)32(43)24(7)48-28;1-12-22(34)31(9,37)27-19(6)24-15(2)14-30(8,42-24)26(17(4)23(35)18(5)28(36)40-27)41-29-25(39-20(7)33)21(32(10)11)13-16(3)38-29/h19-24,26-34,36,42-43,45H,15-18H2,1-14H3;15-19,21-27,29,34-35,37H,12-14H2,1-11H3/t19?,20?,21-,22-,23+,24?,26?,27+,28-,29?,30-,31?,32-,33+,34+,36-,37?,38-,39+;15?,16?,17-,18+,19-,21?,22+,23-,24?,25?,26+,27+,29-,30-,31+/m00/s1. The number of rotatable bonds is 17. The molecular weight excluding hydrogens is 1240 g/mol. The molecule has 552 valence electrons. The van der Waals surface area contributed by atoms with E-state index in [0.29, 0.717) is 25.7 Å². The van der Waals surface area contributed by atoms with E-state index in [4.69, 9.17) is 61.6 Å². The zero-order chi connectivity index (χ0) is 71.8. The van der Waals surface area contributed by atoms with Crippen LogP contribution in [0.2, 0.25) is 0 Å². The Morgan fingerprint density at radius 1 is 0.589 bits per heavy atom. The third-order valence-corrected chi connectivity index (χ3v) is 22.6. The number of fused-ring (bicyclic) bond motifs is 4. The minimum Gasteiger partial charge on any atom is -0.459 e. The van der Waals surface area contributed by atoms with Crippen LogP contribution in [0.4, 0.5) is 0 Å². The lowest BCUT2D eigenvalue weighted by Gasteiger charge is -2.49. The Morgan fingerprint density at radius 2 is 0.979 bits per heavy atom. The van der Waals surface area contributed by atoms with E-state index in [1.54, 1.807) is 48.5 Å². The quantitative estimate of drug-likeness (QED) is 0.0777. The van der Waals surface area contributed by atoms with Crippen LogP contribution in [0.5, 0.6) is 0 Å². The van der Waals surface area contributed by atoms with Crippen molar-refractivity contribution in [2.75, 3.05) is 35.3 Å². The van der Waals surface area contributed by atoms with Crippen molar-refractivity contribution in [3.63, 3.8) is 0 Å². The second-order valence-corrected chi connectivity index (χ2v) is 31.1. The Balaban J connectivity index is 0.000000309. The van der Waals surface area contributed by atoms with Crippen LogP contribution in [0.1, 0.15) is 183 Å². The van der Waals surface area contributed by atoms with Crippen LogP contribution < -0.4 is 0 Å². The van der Waals surface area contributed by atoms with Gasteiger partial charge in [0.15, 0.2) is 31.1 Å². The fourth-order valence-corrected chi connectivity index (χ4v) is 17.0. The lowest BCUT2D eigenvalue weighted by molar-refractivity contribution is -0.319. The average Bonchev–Trinajstić information content (AvgIpc) is 1.63. The fraction of sp³-hybridized carbons (Fsp3) is 0.943. The Labute approximate surface area is 565 Å². The molecule has 34 atom stereocenters. The number of methoxy groups -OCH3 is 1. The molecule has 7 heterocycles. The van der Waals surface area contributed by atoms with Crippen LogP contribution in [0, 0.1) is 47.3 Å². The Bertz CT molecular complexity index is 2530. The second kappa shape index (κ2) is 32.0. The number of aliphatic hydroxyl groups excluding tert-OH is 4. The van der Waals surface area contributed by atoms with E-state index in [9.17, 15) is 49.8 Å². The van der Waals surface area contributed by atoms with Gasteiger partial charge in [0, 0.05) is 51.0 Å². The molecule has 0 aromatic rings. The van der Waals surface area contributed by atoms with E-state index in [1.165, 1.54) is 34.8 Å². The molecule has 7 aliphatic heterocycles. The van der Waals surface area contributed by atoms with E-state index >= 15 is 0 Å². The van der Waals surface area contributed by atoms with Gasteiger partial charge >= 0.3 is 23.9 Å². The maximum Gasteiger partial charge on any atom is 0.311 e. The number of likely N-dealkylation sites (N-methyl/N-ethyl adjacent to an activating group) is 2. The van der Waals surface area contributed by atoms with E-state index in [2.05, 4.69) is 6.92 Å². The van der Waals surface area contributed by atoms with Crippen LogP contribution in [-0.4, -0.2) is 256 Å². The number of esters is 4. The first-order chi connectivity index (χ1) is 43.9. The van der Waals surface area contributed by atoms with Crippen molar-refractivity contribution in [1.82, 2.24) is 9.80 Å². The van der Waals surface area contributed by atoms with Gasteiger partial charge in [0.2, 0.25) is 0 Å². The maximum absolute atomic E-state index is 14.4. The third kappa shape index (κ3) is 17.6. The lowest BCUT2D eigenvalue weighted by Crippen LogP contribution is -2.60. The summed E-state index contributed by atoms with van der Waals surface area (Å²) >= 11 is 0. The van der Waals surface area contributed by atoms with Gasteiger partial charge in [0.05, 0.1) is 108 Å². The summed E-state index contributed by atoms with van der Waals surface area (Å²) in [5.41, 5.74) is -6.49. The van der Waals surface area contributed by atoms with Gasteiger partial charge < -0.3 is 102 Å². The molecule has 0 aromatic carbocycles. The van der Waals surface area contributed by atoms with Crippen molar-refractivity contribution >= 4 is 23.9 Å². The largest absolute Gasteiger partial charge is 0.459 e. The van der Waals surface area contributed by atoms with Crippen LogP contribution in [-0.2, 0) is 80.8 Å².